The quantitative estimate of drug-likeness (QED) is 0.820. The third-order valence-corrected chi connectivity index (χ3v) is 3.61. The van der Waals surface area contributed by atoms with Gasteiger partial charge in [-0.05, 0) is 31.4 Å². The topological polar surface area (TPSA) is 58.6 Å². The van der Waals surface area contributed by atoms with Crippen molar-refractivity contribution in [2.24, 2.45) is 0 Å². The fourth-order valence-corrected chi connectivity index (χ4v) is 2.39. The van der Waals surface area contributed by atoms with Crippen LogP contribution in [-0.2, 0) is 16.1 Å². The molecule has 2 amide bonds. The molecule has 1 fully saturated rings. The van der Waals surface area contributed by atoms with Crippen molar-refractivity contribution in [3.8, 4) is 0 Å². The van der Waals surface area contributed by atoms with Crippen LogP contribution in [0.3, 0.4) is 0 Å². The minimum atomic E-state index is -0.593. The Morgan fingerprint density at radius 1 is 1.36 bits per heavy atom. The molecule has 1 aliphatic rings. The maximum atomic E-state index is 12.4. The average molecular weight is 302 g/mol. The predicted molar refractivity (Wildman–Crippen MR) is 84.2 cm³/mol. The summed E-state index contributed by atoms with van der Waals surface area (Å²) in [6.07, 6.45) is 3.36. The van der Waals surface area contributed by atoms with E-state index in [-0.39, 0.29) is 18.6 Å². The summed E-state index contributed by atoms with van der Waals surface area (Å²) in [4.78, 5) is 25.9. The smallest absolute Gasteiger partial charge is 0.416 e. The summed E-state index contributed by atoms with van der Waals surface area (Å²) >= 11 is 0. The second-order valence-electron chi connectivity index (χ2n) is 5.26. The fourth-order valence-electron chi connectivity index (χ4n) is 2.39. The van der Waals surface area contributed by atoms with Crippen molar-refractivity contribution >= 4 is 12.0 Å². The van der Waals surface area contributed by atoms with Gasteiger partial charge in [-0.3, -0.25) is 4.79 Å². The first-order valence-corrected chi connectivity index (χ1v) is 7.58. The highest BCUT2D eigenvalue weighted by Crippen LogP contribution is 2.11. The van der Waals surface area contributed by atoms with E-state index < -0.39 is 6.09 Å². The molecule has 1 aliphatic heterocycles. The number of ether oxygens (including phenoxy) is 1. The Morgan fingerprint density at radius 3 is 2.77 bits per heavy atom. The van der Waals surface area contributed by atoms with E-state index in [9.17, 15) is 9.59 Å². The highest BCUT2D eigenvalue weighted by Gasteiger charge is 2.31. The molecule has 0 bridgehead atoms. The molecule has 1 saturated heterocycles. The molecule has 0 radical (unpaired) electrons. The van der Waals surface area contributed by atoms with Crippen molar-refractivity contribution < 1.29 is 14.3 Å². The summed E-state index contributed by atoms with van der Waals surface area (Å²) in [7, 11) is 0. The first-order valence-electron chi connectivity index (χ1n) is 7.58. The fraction of sp³-hybridized carbons (Fsp3) is 0.412. The van der Waals surface area contributed by atoms with Crippen LogP contribution in [0.5, 0.6) is 0 Å². The monoisotopic (exact) mass is 302 g/mol. The summed E-state index contributed by atoms with van der Waals surface area (Å²) in [5.41, 5.74) is 0.894. The van der Waals surface area contributed by atoms with E-state index in [0.29, 0.717) is 13.0 Å². The van der Waals surface area contributed by atoms with Crippen LogP contribution in [-0.4, -0.2) is 36.0 Å². The van der Waals surface area contributed by atoms with Gasteiger partial charge >= 0.3 is 6.09 Å². The first kappa shape index (κ1) is 16.2. The van der Waals surface area contributed by atoms with Crippen LogP contribution in [0.15, 0.2) is 43.0 Å². The number of nitrogens with zero attached hydrogens (tertiary/aromatic N) is 1. The van der Waals surface area contributed by atoms with Gasteiger partial charge in [0.2, 0.25) is 5.91 Å². The van der Waals surface area contributed by atoms with Crippen molar-refractivity contribution in [2.45, 2.75) is 31.9 Å². The lowest BCUT2D eigenvalue weighted by molar-refractivity contribution is -0.131. The number of hydrogen-bond acceptors (Lipinski definition) is 4. The summed E-state index contributed by atoms with van der Waals surface area (Å²) in [5, 5.41) is 3.12. The van der Waals surface area contributed by atoms with Crippen LogP contribution >= 0.6 is 0 Å². The van der Waals surface area contributed by atoms with Crippen molar-refractivity contribution in [3.05, 3.63) is 48.6 Å². The maximum absolute atomic E-state index is 12.4. The van der Waals surface area contributed by atoms with Crippen molar-refractivity contribution in [1.82, 2.24) is 10.2 Å². The summed E-state index contributed by atoms with van der Waals surface area (Å²) < 4.78 is 5.27. The average Bonchev–Trinajstić information content (AvgIpc) is 3.08. The van der Waals surface area contributed by atoms with Gasteiger partial charge in [-0.1, -0.05) is 36.4 Å². The maximum Gasteiger partial charge on any atom is 0.416 e. The van der Waals surface area contributed by atoms with Crippen LogP contribution in [0, 0.1) is 0 Å². The number of hydrogen-bond donors (Lipinski definition) is 1. The van der Waals surface area contributed by atoms with Crippen LogP contribution < -0.4 is 5.32 Å². The SMILES string of the molecule is C=CCCN(C(=O)OCc1ccccc1)C(=O)[C@@H]1CCCN1. The van der Waals surface area contributed by atoms with Gasteiger partial charge in [-0.15, -0.1) is 6.58 Å². The summed E-state index contributed by atoms with van der Waals surface area (Å²) in [5.74, 6) is -0.211. The van der Waals surface area contributed by atoms with Crippen molar-refractivity contribution in [3.63, 3.8) is 0 Å². The molecule has 1 N–H and O–H groups in total. The number of rotatable bonds is 6. The minimum Gasteiger partial charge on any atom is -0.444 e. The van der Waals surface area contributed by atoms with E-state index in [4.69, 9.17) is 4.74 Å². The zero-order chi connectivity index (χ0) is 15.8. The van der Waals surface area contributed by atoms with Gasteiger partial charge in [0.15, 0.2) is 0 Å². The molecule has 1 heterocycles. The largest absolute Gasteiger partial charge is 0.444 e. The molecule has 1 atom stereocenters. The molecule has 0 aromatic heterocycles. The van der Waals surface area contributed by atoms with E-state index >= 15 is 0 Å². The Bertz CT molecular complexity index is 510. The number of carbonyl (C=O) groups is 2. The Hall–Kier alpha value is -2.14. The number of nitrogens with one attached hydrogen (secondary N) is 1. The van der Waals surface area contributed by atoms with Gasteiger partial charge in [0.05, 0.1) is 6.04 Å². The summed E-state index contributed by atoms with van der Waals surface area (Å²) in [6, 6.07) is 9.13. The zero-order valence-electron chi connectivity index (χ0n) is 12.7. The van der Waals surface area contributed by atoms with E-state index in [1.54, 1.807) is 6.08 Å². The van der Waals surface area contributed by atoms with E-state index in [0.717, 1.165) is 24.9 Å². The molecular weight excluding hydrogens is 280 g/mol. The van der Waals surface area contributed by atoms with Gasteiger partial charge in [0.25, 0.3) is 0 Å². The highest BCUT2D eigenvalue weighted by molar-refractivity contribution is 5.95. The molecule has 0 spiro atoms. The van der Waals surface area contributed by atoms with Gasteiger partial charge in [-0.2, -0.15) is 0 Å². The molecule has 5 nitrogen and oxygen atoms in total. The van der Waals surface area contributed by atoms with Gasteiger partial charge in [0, 0.05) is 6.54 Å². The number of amides is 2. The molecule has 22 heavy (non-hydrogen) atoms. The molecule has 1 aromatic rings. The Labute approximate surface area is 130 Å². The molecular formula is C17H22N2O3. The lowest BCUT2D eigenvalue weighted by Crippen LogP contribution is -2.47. The van der Waals surface area contributed by atoms with Gasteiger partial charge in [0.1, 0.15) is 6.61 Å². The van der Waals surface area contributed by atoms with Crippen LogP contribution in [0.1, 0.15) is 24.8 Å². The standard InChI is InChI=1S/C17H22N2O3/c1-2-3-12-19(16(20)15-10-7-11-18-15)17(21)22-13-14-8-5-4-6-9-14/h2,4-6,8-9,15,18H,1,3,7,10-13H2/t15-/m0/s1. The van der Waals surface area contributed by atoms with Gasteiger partial charge in [-0.25, -0.2) is 9.69 Å². The lowest BCUT2D eigenvalue weighted by Gasteiger charge is -2.23. The highest BCUT2D eigenvalue weighted by atomic mass is 16.6. The van der Waals surface area contributed by atoms with Crippen molar-refractivity contribution in [1.29, 1.82) is 0 Å². The molecule has 1 aromatic carbocycles. The minimum absolute atomic E-state index is 0.162. The van der Waals surface area contributed by atoms with Gasteiger partial charge < -0.3 is 10.1 Å². The van der Waals surface area contributed by atoms with Crippen LogP contribution in [0.25, 0.3) is 0 Å². The molecule has 118 valence electrons. The van der Waals surface area contributed by atoms with E-state index in [1.165, 1.54) is 4.90 Å². The normalized spacial score (nSPS) is 17.0. The Morgan fingerprint density at radius 2 is 2.14 bits per heavy atom. The molecule has 0 unspecified atom stereocenters. The molecule has 0 aliphatic carbocycles. The first-order chi connectivity index (χ1) is 10.7. The molecule has 0 saturated carbocycles. The van der Waals surface area contributed by atoms with E-state index in [2.05, 4.69) is 11.9 Å². The number of benzene rings is 1. The third-order valence-electron chi connectivity index (χ3n) is 3.61. The number of carbonyl (C=O) groups excluding carboxylic acids is 2. The number of imide groups is 1. The van der Waals surface area contributed by atoms with Crippen molar-refractivity contribution in [2.75, 3.05) is 13.1 Å². The Kier molecular flexibility index (Phi) is 6.15. The molecule has 2 rings (SSSR count). The second-order valence-corrected chi connectivity index (χ2v) is 5.26. The predicted octanol–water partition coefficient (Wildman–Crippen LogP) is 2.48. The lowest BCUT2D eigenvalue weighted by atomic mass is 10.2. The van der Waals surface area contributed by atoms with Crippen LogP contribution in [0.2, 0.25) is 0 Å². The van der Waals surface area contributed by atoms with Crippen LogP contribution in [0.4, 0.5) is 4.79 Å². The Balaban J connectivity index is 1.95. The summed E-state index contributed by atoms with van der Waals surface area (Å²) in [6.45, 7) is 4.91. The van der Waals surface area contributed by atoms with E-state index in [1.807, 2.05) is 30.3 Å². The zero-order valence-corrected chi connectivity index (χ0v) is 12.7. The second kappa shape index (κ2) is 8.34. The molecule has 5 heteroatoms. The third kappa shape index (κ3) is 4.43.